The van der Waals surface area contributed by atoms with Gasteiger partial charge >= 0.3 is 0 Å². The van der Waals surface area contributed by atoms with E-state index >= 15 is 0 Å². The summed E-state index contributed by atoms with van der Waals surface area (Å²) >= 11 is 0. The van der Waals surface area contributed by atoms with Gasteiger partial charge in [0.15, 0.2) is 18.1 Å². The Morgan fingerprint density at radius 1 is 1.11 bits per heavy atom. The number of nitrogen functional groups attached to an aromatic ring is 1. The van der Waals surface area contributed by atoms with Gasteiger partial charge in [-0.2, -0.15) is 0 Å². The summed E-state index contributed by atoms with van der Waals surface area (Å²) < 4.78 is 10.8. The summed E-state index contributed by atoms with van der Waals surface area (Å²) in [4.78, 5) is 24.2. The number of methoxy groups -OCH3 is 1. The van der Waals surface area contributed by atoms with Crippen molar-refractivity contribution < 1.29 is 19.1 Å². The van der Waals surface area contributed by atoms with Gasteiger partial charge in [0.25, 0.3) is 11.8 Å². The van der Waals surface area contributed by atoms with Crippen molar-refractivity contribution in [2.75, 3.05) is 24.8 Å². The number of ether oxygens (including phenoxy) is 2. The van der Waals surface area contributed by atoms with Crippen molar-refractivity contribution in [1.82, 2.24) is 5.32 Å². The lowest BCUT2D eigenvalue weighted by Crippen LogP contribution is -2.34. The first-order valence-corrected chi connectivity index (χ1v) is 8.58. The van der Waals surface area contributed by atoms with Gasteiger partial charge in [-0.1, -0.05) is 6.07 Å². The van der Waals surface area contributed by atoms with Gasteiger partial charge in [-0.3, -0.25) is 9.59 Å². The molecule has 2 aromatic rings. The van der Waals surface area contributed by atoms with E-state index in [-0.39, 0.29) is 24.5 Å². The molecule has 0 aliphatic heterocycles. The summed E-state index contributed by atoms with van der Waals surface area (Å²) in [5, 5.41) is 5.57. The number of nitrogens with one attached hydrogen (secondary N) is 2. The Labute approximate surface area is 158 Å². The Kier molecular flexibility index (Phi) is 6.65. The van der Waals surface area contributed by atoms with Crippen LogP contribution in [0, 0.1) is 6.92 Å². The van der Waals surface area contributed by atoms with Crippen LogP contribution >= 0.6 is 0 Å². The van der Waals surface area contributed by atoms with Crippen LogP contribution in [0.2, 0.25) is 0 Å². The molecule has 0 atom stereocenters. The fourth-order valence-corrected chi connectivity index (χ4v) is 2.40. The van der Waals surface area contributed by atoms with Gasteiger partial charge < -0.3 is 25.8 Å². The van der Waals surface area contributed by atoms with E-state index in [0.717, 1.165) is 5.56 Å². The van der Waals surface area contributed by atoms with Crippen molar-refractivity contribution in [2.45, 2.75) is 26.8 Å². The Balaban J connectivity index is 2.11. The molecule has 7 heteroatoms. The monoisotopic (exact) mass is 371 g/mol. The summed E-state index contributed by atoms with van der Waals surface area (Å²) in [6.07, 6.45) is 0. The zero-order valence-electron chi connectivity index (χ0n) is 16.0. The van der Waals surface area contributed by atoms with Crippen molar-refractivity contribution in [2.24, 2.45) is 0 Å². The Morgan fingerprint density at radius 3 is 2.52 bits per heavy atom. The highest BCUT2D eigenvalue weighted by Gasteiger charge is 2.14. The number of carbonyl (C=O) groups excluding carboxylic acids is 2. The Bertz CT molecular complexity index is 834. The van der Waals surface area contributed by atoms with Gasteiger partial charge in [0.1, 0.15) is 0 Å². The molecule has 0 radical (unpaired) electrons. The summed E-state index contributed by atoms with van der Waals surface area (Å²) in [6, 6.07) is 10.1. The molecule has 4 N–H and O–H groups in total. The molecule has 2 amide bonds. The zero-order chi connectivity index (χ0) is 20.0. The smallest absolute Gasteiger partial charge is 0.258 e. The number of amides is 2. The van der Waals surface area contributed by atoms with Crippen LogP contribution in [-0.2, 0) is 4.79 Å². The maximum Gasteiger partial charge on any atom is 0.258 e. The van der Waals surface area contributed by atoms with E-state index in [1.807, 2.05) is 26.8 Å². The molecule has 0 aliphatic carbocycles. The molecule has 7 nitrogen and oxygen atoms in total. The average Bonchev–Trinajstić information content (AvgIpc) is 2.62. The van der Waals surface area contributed by atoms with Crippen LogP contribution in [0.25, 0.3) is 0 Å². The van der Waals surface area contributed by atoms with Gasteiger partial charge in [-0.05, 0) is 56.7 Å². The third-order valence-corrected chi connectivity index (χ3v) is 3.74. The van der Waals surface area contributed by atoms with Crippen LogP contribution in [0.3, 0.4) is 0 Å². The average molecular weight is 371 g/mol. The second-order valence-electron chi connectivity index (χ2n) is 6.41. The van der Waals surface area contributed by atoms with Crippen molar-refractivity contribution in [3.05, 3.63) is 47.5 Å². The first kappa shape index (κ1) is 20.1. The highest BCUT2D eigenvalue weighted by atomic mass is 16.5. The molecular weight excluding hydrogens is 346 g/mol. The number of anilines is 2. The number of benzene rings is 2. The van der Waals surface area contributed by atoms with Gasteiger partial charge in [-0.25, -0.2) is 0 Å². The molecular formula is C20H25N3O4. The van der Waals surface area contributed by atoms with Gasteiger partial charge in [0.2, 0.25) is 0 Å². The van der Waals surface area contributed by atoms with E-state index in [1.54, 1.807) is 30.3 Å². The molecule has 2 aromatic carbocycles. The highest BCUT2D eigenvalue weighted by Crippen LogP contribution is 2.28. The fraction of sp³-hybridized carbons (Fsp3) is 0.300. The number of rotatable bonds is 7. The number of nitrogens with two attached hydrogens (primary N) is 1. The number of aryl methyl sites for hydroxylation is 1. The quantitative estimate of drug-likeness (QED) is 0.650. The standard InChI is InChI=1S/C20H25N3O4/c1-12(2)22-19(24)11-27-17-8-6-14(9-18(17)26-4)20(25)23-16-10-15(21)7-5-13(16)3/h5-10,12H,11,21H2,1-4H3,(H,22,24)(H,23,25). The lowest BCUT2D eigenvalue weighted by Gasteiger charge is -2.14. The van der Waals surface area contributed by atoms with E-state index in [9.17, 15) is 9.59 Å². The molecule has 0 saturated carbocycles. The molecule has 0 saturated heterocycles. The summed E-state index contributed by atoms with van der Waals surface area (Å²) in [5.41, 5.74) is 8.28. The topological polar surface area (TPSA) is 103 Å². The van der Waals surface area contributed by atoms with Gasteiger partial charge in [-0.15, -0.1) is 0 Å². The molecule has 2 rings (SSSR count). The van der Waals surface area contributed by atoms with Crippen molar-refractivity contribution in [1.29, 1.82) is 0 Å². The molecule has 0 aliphatic rings. The minimum atomic E-state index is -0.300. The minimum Gasteiger partial charge on any atom is -0.493 e. The second kappa shape index (κ2) is 8.93. The lowest BCUT2D eigenvalue weighted by atomic mass is 10.1. The normalized spacial score (nSPS) is 10.4. The van der Waals surface area contributed by atoms with Gasteiger partial charge in [0, 0.05) is 23.0 Å². The summed E-state index contributed by atoms with van der Waals surface area (Å²) in [7, 11) is 1.47. The molecule has 0 bridgehead atoms. The largest absolute Gasteiger partial charge is 0.493 e. The molecule has 0 heterocycles. The van der Waals surface area contributed by atoms with Crippen molar-refractivity contribution >= 4 is 23.2 Å². The SMILES string of the molecule is COc1cc(C(=O)Nc2cc(N)ccc2C)ccc1OCC(=O)NC(C)C. The predicted molar refractivity (Wildman–Crippen MR) is 105 cm³/mol. The van der Waals surface area contributed by atoms with Crippen LogP contribution < -0.4 is 25.8 Å². The maximum absolute atomic E-state index is 12.5. The molecule has 0 aromatic heterocycles. The minimum absolute atomic E-state index is 0.0320. The molecule has 144 valence electrons. The highest BCUT2D eigenvalue weighted by molar-refractivity contribution is 6.05. The molecule has 0 unspecified atom stereocenters. The van der Waals surface area contributed by atoms with Crippen molar-refractivity contribution in [3.63, 3.8) is 0 Å². The van der Waals surface area contributed by atoms with Crippen LogP contribution in [0.1, 0.15) is 29.8 Å². The first-order valence-electron chi connectivity index (χ1n) is 8.58. The third kappa shape index (κ3) is 5.64. The molecule has 0 fully saturated rings. The Hall–Kier alpha value is -3.22. The van der Waals surface area contributed by atoms with E-state index in [2.05, 4.69) is 10.6 Å². The fourth-order valence-electron chi connectivity index (χ4n) is 2.40. The van der Waals surface area contributed by atoms with Crippen molar-refractivity contribution in [3.8, 4) is 11.5 Å². The molecule has 27 heavy (non-hydrogen) atoms. The van der Waals surface area contributed by atoms with Crippen LogP contribution in [0.4, 0.5) is 11.4 Å². The summed E-state index contributed by atoms with van der Waals surface area (Å²) in [6.45, 7) is 5.49. The lowest BCUT2D eigenvalue weighted by molar-refractivity contribution is -0.123. The summed E-state index contributed by atoms with van der Waals surface area (Å²) in [5.74, 6) is 0.217. The Morgan fingerprint density at radius 2 is 1.85 bits per heavy atom. The predicted octanol–water partition coefficient (Wildman–Crippen LogP) is 2.74. The maximum atomic E-state index is 12.5. The van der Waals surface area contributed by atoms with E-state index < -0.39 is 0 Å². The van der Waals surface area contributed by atoms with Gasteiger partial charge in [0.05, 0.1) is 7.11 Å². The van der Waals surface area contributed by atoms with E-state index in [4.69, 9.17) is 15.2 Å². The second-order valence-corrected chi connectivity index (χ2v) is 6.41. The van der Waals surface area contributed by atoms with Crippen LogP contribution in [-0.4, -0.2) is 31.6 Å². The zero-order valence-corrected chi connectivity index (χ0v) is 16.0. The van der Waals surface area contributed by atoms with E-state index in [0.29, 0.717) is 28.4 Å². The first-order chi connectivity index (χ1) is 12.8. The third-order valence-electron chi connectivity index (χ3n) is 3.74. The van der Waals surface area contributed by atoms with Crippen LogP contribution in [0.5, 0.6) is 11.5 Å². The molecule has 0 spiro atoms. The number of hydrogen-bond donors (Lipinski definition) is 3. The van der Waals surface area contributed by atoms with E-state index in [1.165, 1.54) is 7.11 Å². The number of carbonyl (C=O) groups is 2. The van der Waals surface area contributed by atoms with Crippen LogP contribution in [0.15, 0.2) is 36.4 Å². The number of hydrogen-bond acceptors (Lipinski definition) is 5.